The van der Waals surface area contributed by atoms with Gasteiger partial charge in [-0.15, -0.1) is 11.3 Å². The Morgan fingerprint density at radius 1 is 1.36 bits per heavy atom. The van der Waals surface area contributed by atoms with Crippen LogP contribution in [0.1, 0.15) is 31.6 Å². The van der Waals surface area contributed by atoms with E-state index in [9.17, 15) is 9.59 Å². The second-order valence-electron chi connectivity index (χ2n) is 6.68. The zero-order valence-electron chi connectivity index (χ0n) is 15.2. The summed E-state index contributed by atoms with van der Waals surface area (Å²) in [5, 5.41) is 0.625. The molecule has 7 heteroatoms. The topological polar surface area (TPSA) is 58.4 Å². The molecule has 1 fully saturated rings. The van der Waals surface area contributed by atoms with Crippen LogP contribution in [0.4, 0.5) is 0 Å². The fraction of sp³-hybridized carbons (Fsp3) is 0.611. The van der Waals surface area contributed by atoms with Crippen molar-refractivity contribution in [2.75, 3.05) is 26.7 Å². The van der Waals surface area contributed by atoms with Crippen LogP contribution in [0.5, 0.6) is 0 Å². The molecule has 0 aliphatic carbocycles. The maximum Gasteiger partial charge on any atom is 0.262 e. The van der Waals surface area contributed by atoms with Crippen molar-refractivity contribution in [2.45, 2.75) is 45.7 Å². The molecule has 2 aromatic heterocycles. The first-order chi connectivity index (χ1) is 12.0. The number of fused-ring (bicyclic) bond motifs is 1. The normalized spacial score (nSPS) is 16.4. The third-order valence-electron chi connectivity index (χ3n) is 5.01. The predicted octanol–water partition coefficient (Wildman–Crippen LogP) is 1.96. The van der Waals surface area contributed by atoms with E-state index >= 15 is 0 Å². The number of hydrogen-bond acceptors (Lipinski definition) is 5. The lowest BCUT2D eigenvalue weighted by Crippen LogP contribution is -2.48. The van der Waals surface area contributed by atoms with Gasteiger partial charge in [-0.2, -0.15) is 0 Å². The third kappa shape index (κ3) is 3.77. The summed E-state index contributed by atoms with van der Waals surface area (Å²) in [6, 6.07) is 2.18. The summed E-state index contributed by atoms with van der Waals surface area (Å²) in [5.41, 5.74) is -0.117. The third-order valence-corrected chi connectivity index (χ3v) is 6.20. The maximum atomic E-state index is 12.8. The fourth-order valence-electron chi connectivity index (χ4n) is 3.48. The van der Waals surface area contributed by atoms with Gasteiger partial charge < -0.3 is 9.80 Å². The van der Waals surface area contributed by atoms with Gasteiger partial charge in [0.1, 0.15) is 11.4 Å². The molecule has 1 aliphatic heterocycles. The molecule has 0 N–H and O–H groups in total. The molecule has 6 nitrogen and oxygen atoms in total. The van der Waals surface area contributed by atoms with Crippen molar-refractivity contribution in [3.8, 4) is 0 Å². The lowest BCUT2D eigenvalue weighted by Gasteiger charge is -2.36. The molecule has 1 amide bonds. The molecule has 0 aromatic carbocycles. The van der Waals surface area contributed by atoms with Crippen LogP contribution in [0.25, 0.3) is 10.2 Å². The smallest absolute Gasteiger partial charge is 0.262 e. The maximum absolute atomic E-state index is 12.8. The molecular formula is C18H26N4O2S. The number of amides is 1. The lowest BCUT2D eigenvalue weighted by atomic mass is 10.0. The van der Waals surface area contributed by atoms with Crippen LogP contribution in [0.2, 0.25) is 0 Å². The summed E-state index contributed by atoms with van der Waals surface area (Å²) >= 11 is 1.55. The van der Waals surface area contributed by atoms with Crippen molar-refractivity contribution in [1.82, 2.24) is 19.4 Å². The molecule has 136 valence electrons. The van der Waals surface area contributed by atoms with E-state index < -0.39 is 0 Å². The van der Waals surface area contributed by atoms with Crippen LogP contribution >= 0.6 is 11.3 Å². The number of piperidine rings is 1. The zero-order chi connectivity index (χ0) is 18.0. The highest BCUT2D eigenvalue weighted by Crippen LogP contribution is 2.21. The number of carbonyl (C=O) groups excluding carboxylic acids is 1. The summed E-state index contributed by atoms with van der Waals surface area (Å²) in [4.78, 5) is 36.0. The van der Waals surface area contributed by atoms with Gasteiger partial charge in [0.25, 0.3) is 5.56 Å². The van der Waals surface area contributed by atoms with Gasteiger partial charge in [-0.3, -0.25) is 14.2 Å². The monoisotopic (exact) mass is 362 g/mol. The minimum absolute atomic E-state index is 0.00578. The quantitative estimate of drug-likeness (QED) is 0.816. The number of carbonyl (C=O) groups is 1. The van der Waals surface area contributed by atoms with E-state index in [1.54, 1.807) is 11.3 Å². The standard InChI is InChI=1S/C18H26N4O2S/c1-4-14-10-15-17(25-14)19-12-21(18(15)24)11-16(23)22(5-2)13-6-8-20(3)9-7-13/h10,12-13H,4-9,11H2,1-3H3. The SMILES string of the molecule is CCc1cc2c(=O)n(CC(=O)N(CC)C3CCN(C)CC3)cnc2s1. The van der Waals surface area contributed by atoms with Crippen molar-refractivity contribution >= 4 is 27.5 Å². The highest BCUT2D eigenvalue weighted by Gasteiger charge is 2.26. The van der Waals surface area contributed by atoms with E-state index in [1.165, 1.54) is 10.9 Å². The number of likely N-dealkylation sites (N-methyl/N-ethyl adjacent to an activating group) is 1. The Morgan fingerprint density at radius 3 is 2.72 bits per heavy atom. The van der Waals surface area contributed by atoms with E-state index in [4.69, 9.17) is 0 Å². The minimum atomic E-state index is -0.117. The van der Waals surface area contributed by atoms with E-state index in [0.29, 0.717) is 11.9 Å². The Morgan fingerprint density at radius 2 is 2.08 bits per heavy atom. The summed E-state index contributed by atoms with van der Waals surface area (Å²) in [6.07, 6.45) is 4.39. The van der Waals surface area contributed by atoms with Gasteiger partial charge in [-0.05, 0) is 52.4 Å². The second-order valence-corrected chi connectivity index (χ2v) is 7.79. The molecule has 1 saturated heterocycles. The van der Waals surface area contributed by atoms with Gasteiger partial charge in [-0.1, -0.05) is 6.92 Å². The fourth-order valence-corrected chi connectivity index (χ4v) is 4.40. The van der Waals surface area contributed by atoms with Crippen molar-refractivity contribution in [1.29, 1.82) is 0 Å². The number of thiophene rings is 1. The summed E-state index contributed by atoms with van der Waals surface area (Å²) in [5.74, 6) is 0.00578. The van der Waals surface area contributed by atoms with Gasteiger partial charge in [0.15, 0.2) is 0 Å². The van der Waals surface area contributed by atoms with Crippen molar-refractivity contribution in [3.63, 3.8) is 0 Å². The summed E-state index contributed by atoms with van der Waals surface area (Å²) in [6.45, 7) is 6.84. The Bertz CT molecular complexity index is 805. The molecular weight excluding hydrogens is 336 g/mol. The van der Waals surface area contributed by atoms with Gasteiger partial charge in [0, 0.05) is 17.5 Å². The predicted molar refractivity (Wildman–Crippen MR) is 101 cm³/mol. The van der Waals surface area contributed by atoms with E-state index in [0.717, 1.165) is 42.1 Å². The summed E-state index contributed by atoms with van der Waals surface area (Å²) in [7, 11) is 2.11. The van der Waals surface area contributed by atoms with Crippen molar-refractivity contribution in [3.05, 3.63) is 27.6 Å². The van der Waals surface area contributed by atoms with E-state index in [2.05, 4.69) is 23.9 Å². The Balaban J connectivity index is 1.78. The first kappa shape index (κ1) is 18.1. The molecule has 0 saturated carbocycles. The van der Waals surface area contributed by atoms with Crippen LogP contribution in [-0.2, 0) is 17.8 Å². The van der Waals surface area contributed by atoms with Gasteiger partial charge >= 0.3 is 0 Å². The largest absolute Gasteiger partial charge is 0.338 e. The molecule has 0 atom stereocenters. The van der Waals surface area contributed by atoms with Gasteiger partial charge in [-0.25, -0.2) is 4.98 Å². The van der Waals surface area contributed by atoms with Crippen LogP contribution in [-0.4, -0.2) is 58.0 Å². The molecule has 3 heterocycles. The highest BCUT2D eigenvalue weighted by atomic mass is 32.1. The lowest BCUT2D eigenvalue weighted by molar-refractivity contribution is -0.134. The molecule has 0 radical (unpaired) electrons. The number of likely N-dealkylation sites (tertiary alicyclic amines) is 1. The molecule has 25 heavy (non-hydrogen) atoms. The van der Waals surface area contributed by atoms with Crippen molar-refractivity contribution < 1.29 is 4.79 Å². The molecule has 0 bridgehead atoms. The molecule has 0 spiro atoms. The van der Waals surface area contributed by atoms with Gasteiger partial charge in [0.2, 0.25) is 5.91 Å². The van der Waals surface area contributed by atoms with Crippen LogP contribution in [0.3, 0.4) is 0 Å². The molecule has 3 rings (SSSR count). The van der Waals surface area contributed by atoms with Crippen LogP contribution in [0, 0.1) is 0 Å². The summed E-state index contributed by atoms with van der Waals surface area (Å²) < 4.78 is 1.45. The number of aryl methyl sites for hydroxylation is 1. The Hall–Kier alpha value is -1.73. The number of hydrogen-bond donors (Lipinski definition) is 0. The zero-order valence-corrected chi connectivity index (χ0v) is 16.0. The first-order valence-electron chi connectivity index (χ1n) is 8.99. The number of rotatable bonds is 5. The average molecular weight is 362 g/mol. The Labute approximate surface area is 152 Å². The van der Waals surface area contributed by atoms with Crippen LogP contribution < -0.4 is 5.56 Å². The second kappa shape index (κ2) is 7.66. The highest BCUT2D eigenvalue weighted by molar-refractivity contribution is 7.18. The van der Waals surface area contributed by atoms with E-state index in [1.807, 2.05) is 17.9 Å². The average Bonchev–Trinajstić information content (AvgIpc) is 3.04. The van der Waals surface area contributed by atoms with Crippen molar-refractivity contribution in [2.24, 2.45) is 0 Å². The van der Waals surface area contributed by atoms with Crippen LogP contribution in [0.15, 0.2) is 17.2 Å². The molecule has 0 unspecified atom stereocenters. The first-order valence-corrected chi connectivity index (χ1v) is 9.81. The van der Waals surface area contributed by atoms with E-state index in [-0.39, 0.29) is 24.1 Å². The molecule has 2 aromatic rings. The van der Waals surface area contributed by atoms with Gasteiger partial charge in [0.05, 0.1) is 11.7 Å². The number of aromatic nitrogens is 2. The number of nitrogens with zero attached hydrogens (tertiary/aromatic N) is 4. The minimum Gasteiger partial charge on any atom is -0.338 e. The Kier molecular flexibility index (Phi) is 5.54. The molecule has 1 aliphatic rings.